The van der Waals surface area contributed by atoms with Crippen molar-refractivity contribution in [2.75, 3.05) is 18.9 Å². The van der Waals surface area contributed by atoms with Crippen molar-refractivity contribution in [3.05, 3.63) is 24.0 Å². The monoisotopic (exact) mass is 299 g/mol. The Morgan fingerprint density at radius 2 is 2.19 bits per heavy atom. The van der Waals surface area contributed by atoms with Crippen LogP contribution in [0.4, 0.5) is 18.9 Å². The maximum Gasteiger partial charge on any atom is 0.449 e. The zero-order valence-corrected chi connectivity index (χ0v) is 11.4. The lowest BCUT2D eigenvalue weighted by atomic mass is 10.0. The molecule has 7 heteroatoms. The Morgan fingerprint density at radius 1 is 1.38 bits per heavy atom. The summed E-state index contributed by atoms with van der Waals surface area (Å²) in [6.45, 7) is 1.44. The van der Waals surface area contributed by atoms with E-state index >= 15 is 0 Å². The van der Waals surface area contributed by atoms with Gasteiger partial charge in [0.15, 0.2) is 0 Å². The summed E-state index contributed by atoms with van der Waals surface area (Å²) in [5.41, 5.74) is 6.77. The van der Waals surface area contributed by atoms with Crippen molar-refractivity contribution in [2.24, 2.45) is 5.92 Å². The second-order valence-electron chi connectivity index (χ2n) is 5.38. The summed E-state index contributed by atoms with van der Waals surface area (Å²) in [6.07, 6.45) is -2.74. The maximum absolute atomic E-state index is 13.2. The van der Waals surface area contributed by atoms with Gasteiger partial charge in [-0.25, -0.2) is 4.98 Å². The van der Waals surface area contributed by atoms with Gasteiger partial charge in [0.25, 0.3) is 0 Å². The predicted molar refractivity (Wildman–Crippen MR) is 72.7 cm³/mol. The summed E-state index contributed by atoms with van der Waals surface area (Å²) < 4.78 is 46.2. The number of hydrogen-bond acceptors (Lipinski definition) is 3. The van der Waals surface area contributed by atoms with Crippen LogP contribution in [-0.4, -0.2) is 22.8 Å². The number of aromatic nitrogens is 2. The molecular formula is C14H16F3N3O. The molecule has 0 spiro atoms. The van der Waals surface area contributed by atoms with E-state index in [-0.39, 0.29) is 18.0 Å². The van der Waals surface area contributed by atoms with E-state index in [1.807, 2.05) is 0 Å². The molecule has 0 saturated carbocycles. The fraction of sp³-hybridized carbons (Fsp3) is 0.500. The number of imidazole rings is 1. The van der Waals surface area contributed by atoms with Gasteiger partial charge in [0.2, 0.25) is 5.82 Å². The fourth-order valence-corrected chi connectivity index (χ4v) is 2.76. The summed E-state index contributed by atoms with van der Waals surface area (Å²) in [5.74, 6) is -0.788. The number of benzene rings is 1. The first-order chi connectivity index (χ1) is 9.95. The van der Waals surface area contributed by atoms with Gasteiger partial charge >= 0.3 is 6.18 Å². The first kappa shape index (κ1) is 14.2. The quantitative estimate of drug-likeness (QED) is 0.867. The Labute approximate surface area is 119 Å². The molecule has 2 heterocycles. The second-order valence-corrected chi connectivity index (χ2v) is 5.38. The molecule has 2 aromatic rings. The number of nitrogens with two attached hydrogens (primary N) is 1. The summed E-state index contributed by atoms with van der Waals surface area (Å²) >= 11 is 0. The Balaban J connectivity index is 2.04. The summed E-state index contributed by atoms with van der Waals surface area (Å²) in [5, 5.41) is 0. The smallest absolute Gasteiger partial charge is 0.399 e. The molecule has 1 aromatic heterocycles. The van der Waals surface area contributed by atoms with Crippen LogP contribution in [0.5, 0.6) is 0 Å². The minimum absolute atomic E-state index is 0.0785. The Hall–Kier alpha value is -1.76. The Kier molecular flexibility index (Phi) is 3.52. The van der Waals surface area contributed by atoms with E-state index in [4.69, 9.17) is 10.5 Å². The highest BCUT2D eigenvalue weighted by molar-refractivity contribution is 5.79. The molecule has 1 saturated heterocycles. The number of nitrogens with zero attached hydrogens (tertiary/aromatic N) is 2. The van der Waals surface area contributed by atoms with Gasteiger partial charge in [-0.15, -0.1) is 0 Å². The van der Waals surface area contributed by atoms with Crippen LogP contribution in [0.25, 0.3) is 11.0 Å². The third-order valence-electron chi connectivity index (χ3n) is 3.72. The number of anilines is 1. The normalized spacial score (nSPS) is 20.0. The molecule has 1 fully saturated rings. The van der Waals surface area contributed by atoms with Crippen LogP contribution in [0.3, 0.4) is 0 Å². The van der Waals surface area contributed by atoms with Crippen LogP contribution >= 0.6 is 0 Å². The standard InChI is InChI=1S/C14H16F3N3O/c15-14(16,17)13-19-11-6-10(18)3-4-12(11)20(13)7-9-2-1-5-21-8-9/h3-4,6,9H,1-2,5,7-8,18H2. The third kappa shape index (κ3) is 2.83. The van der Waals surface area contributed by atoms with Gasteiger partial charge in [0.1, 0.15) is 0 Å². The van der Waals surface area contributed by atoms with Crippen LogP contribution in [-0.2, 0) is 17.5 Å². The molecule has 0 amide bonds. The molecule has 1 aliphatic rings. The van der Waals surface area contributed by atoms with Gasteiger partial charge in [-0.3, -0.25) is 0 Å². The van der Waals surface area contributed by atoms with E-state index in [0.717, 1.165) is 12.8 Å². The summed E-state index contributed by atoms with van der Waals surface area (Å²) in [7, 11) is 0. The molecule has 0 radical (unpaired) electrons. The van der Waals surface area contributed by atoms with Crippen molar-refractivity contribution in [2.45, 2.75) is 25.6 Å². The number of halogens is 3. The van der Waals surface area contributed by atoms with E-state index in [0.29, 0.717) is 24.4 Å². The third-order valence-corrected chi connectivity index (χ3v) is 3.72. The van der Waals surface area contributed by atoms with Gasteiger partial charge in [-0.05, 0) is 31.0 Å². The van der Waals surface area contributed by atoms with Crippen molar-refractivity contribution in [3.8, 4) is 0 Å². The van der Waals surface area contributed by atoms with Crippen LogP contribution in [0.2, 0.25) is 0 Å². The Bertz CT molecular complexity index is 645. The fourth-order valence-electron chi connectivity index (χ4n) is 2.76. The number of nitrogen functional groups attached to an aromatic ring is 1. The van der Waals surface area contributed by atoms with E-state index in [1.165, 1.54) is 10.6 Å². The molecule has 21 heavy (non-hydrogen) atoms. The van der Waals surface area contributed by atoms with Crippen molar-refractivity contribution in [1.82, 2.24) is 9.55 Å². The highest BCUT2D eigenvalue weighted by Gasteiger charge is 2.38. The van der Waals surface area contributed by atoms with Crippen molar-refractivity contribution in [1.29, 1.82) is 0 Å². The number of alkyl halides is 3. The van der Waals surface area contributed by atoms with Crippen LogP contribution < -0.4 is 5.73 Å². The van der Waals surface area contributed by atoms with Gasteiger partial charge in [0.05, 0.1) is 17.6 Å². The highest BCUT2D eigenvalue weighted by Crippen LogP contribution is 2.33. The molecule has 1 unspecified atom stereocenters. The van der Waals surface area contributed by atoms with Gasteiger partial charge in [-0.2, -0.15) is 13.2 Å². The molecule has 2 N–H and O–H groups in total. The molecule has 1 atom stereocenters. The summed E-state index contributed by atoms with van der Waals surface area (Å²) in [4.78, 5) is 3.73. The molecule has 0 bridgehead atoms. The lowest BCUT2D eigenvalue weighted by molar-refractivity contribution is -0.147. The van der Waals surface area contributed by atoms with Crippen molar-refractivity contribution < 1.29 is 17.9 Å². The lowest BCUT2D eigenvalue weighted by Crippen LogP contribution is -2.25. The van der Waals surface area contributed by atoms with Gasteiger partial charge < -0.3 is 15.0 Å². The van der Waals surface area contributed by atoms with E-state index < -0.39 is 12.0 Å². The Morgan fingerprint density at radius 3 is 2.86 bits per heavy atom. The molecule has 3 rings (SSSR count). The molecule has 1 aliphatic heterocycles. The average molecular weight is 299 g/mol. The van der Waals surface area contributed by atoms with Crippen molar-refractivity contribution >= 4 is 16.7 Å². The maximum atomic E-state index is 13.2. The van der Waals surface area contributed by atoms with E-state index in [9.17, 15) is 13.2 Å². The zero-order chi connectivity index (χ0) is 15.0. The number of ether oxygens (including phenoxy) is 1. The molecule has 114 valence electrons. The molecular weight excluding hydrogens is 283 g/mol. The topological polar surface area (TPSA) is 53.1 Å². The first-order valence-electron chi connectivity index (χ1n) is 6.86. The second kappa shape index (κ2) is 5.22. The number of rotatable bonds is 2. The number of fused-ring (bicyclic) bond motifs is 1. The first-order valence-corrected chi connectivity index (χ1v) is 6.86. The van der Waals surface area contributed by atoms with Crippen molar-refractivity contribution in [3.63, 3.8) is 0 Å². The SMILES string of the molecule is Nc1ccc2c(c1)nc(C(F)(F)F)n2CC1CCCOC1. The van der Waals surface area contributed by atoms with E-state index in [1.54, 1.807) is 12.1 Å². The molecule has 1 aromatic carbocycles. The summed E-state index contributed by atoms with van der Waals surface area (Å²) in [6, 6.07) is 4.66. The lowest BCUT2D eigenvalue weighted by Gasteiger charge is -2.23. The van der Waals surface area contributed by atoms with Crippen LogP contribution in [0.15, 0.2) is 18.2 Å². The van der Waals surface area contributed by atoms with Gasteiger partial charge in [0, 0.05) is 24.8 Å². The largest absolute Gasteiger partial charge is 0.449 e. The predicted octanol–water partition coefficient (Wildman–Crippen LogP) is 3.06. The minimum Gasteiger partial charge on any atom is -0.399 e. The molecule has 0 aliphatic carbocycles. The van der Waals surface area contributed by atoms with Crippen LogP contribution in [0.1, 0.15) is 18.7 Å². The zero-order valence-electron chi connectivity index (χ0n) is 11.4. The average Bonchev–Trinajstić information content (AvgIpc) is 2.78. The van der Waals surface area contributed by atoms with E-state index in [2.05, 4.69) is 4.98 Å². The van der Waals surface area contributed by atoms with Crippen LogP contribution in [0, 0.1) is 5.92 Å². The number of hydrogen-bond donors (Lipinski definition) is 1. The minimum atomic E-state index is -4.48. The molecule has 4 nitrogen and oxygen atoms in total. The highest BCUT2D eigenvalue weighted by atomic mass is 19.4. The van der Waals surface area contributed by atoms with Gasteiger partial charge in [-0.1, -0.05) is 0 Å².